The molecule has 1 unspecified atom stereocenters. The van der Waals surface area contributed by atoms with Crippen LogP contribution in [0.15, 0.2) is 64.1 Å². The summed E-state index contributed by atoms with van der Waals surface area (Å²) in [6.45, 7) is 0.692. The number of benzene rings is 2. The lowest BCUT2D eigenvalue weighted by atomic mass is 10.1. The van der Waals surface area contributed by atoms with Gasteiger partial charge in [0.15, 0.2) is 5.96 Å². The molecular weight excluding hydrogens is 302 g/mol. The van der Waals surface area contributed by atoms with Crippen LogP contribution in [-0.4, -0.2) is 12.5 Å². The minimum absolute atomic E-state index is 0.167. The van der Waals surface area contributed by atoms with Crippen molar-refractivity contribution in [2.45, 2.75) is 6.04 Å². The Morgan fingerprint density at radius 1 is 1.05 bits per heavy atom. The summed E-state index contributed by atoms with van der Waals surface area (Å²) >= 11 is 3.58. The number of aliphatic imine (C=N–C) groups is 1. The highest BCUT2D eigenvalue weighted by Gasteiger charge is 2.29. The topological polar surface area (TPSA) is 41.6 Å². The van der Waals surface area contributed by atoms with Crippen LogP contribution in [0.5, 0.6) is 0 Å². The smallest absolute Gasteiger partial charge is 0.196 e. The number of para-hydroxylation sites is 1. The highest BCUT2D eigenvalue weighted by Crippen LogP contribution is 2.35. The van der Waals surface area contributed by atoms with Crippen LogP contribution >= 0.6 is 15.9 Å². The molecule has 0 radical (unpaired) electrons. The van der Waals surface area contributed by atoms with Crippen molar-refractivity contribution in [3.8, 4) is 0 Å². The van der Waals surface area contributed by atoms with Crippen molar-refractivity contribution in [2.24, 2.45) is 10.7 Å². The number of anilines is 1. The normalized spacial score (nSPS) is 18.5. The van der Waals surface area contributed by atoms with Gasteiger partial charge in [0.2, 0.25) is 0 Å². The second-order valence-electron chi connectivity index (χ2n) is 4.45. The van der Waals surface area contributed by atoms with Crippen molar-refractivity contribution >= 4 is 27.6 Å². The summed E-state index contributed by atoms with van der Waals surface area (Å²) in [7, 11) is 0. The quantitative estimate of drug-likeness (QED) is 0.923. The van der Waals surface area contributed by atoms with Gasteiger partial charge in [-0.15, -0.1) is 0 Å². The molecule has 3 rings (SSSR count). The lowest BCUT2D eigenvalue weighted by Gasteiger charge is -2.27. The molecule has 19 heavy (non-hydrogen) atoms. The molecule has 3 nitrogen and oxygen atoms in total. The average Bonchev–Trinajstić information content (AvgIpc) is 2.82. The fourth-order valence-electron chi connectivity index (χ4n) is 2.37. The molecule has 1 aliphatic heterocycles. The van der Waals surface area contributed by atoms with Crippen molar-refractivity contribution in [1.82, 2.24) is 0 Å². The highest BCUT2D eigenvalue weighted by atomic mass is 79.9. The van der Waals surface area contributed by atoms with E-state index in [9.17, 15) is 0 Å². The van der Waals surface area contributed by atoms with Crippen LogP contribution in [0.2, 0.25) is 0 Å². The molecule has 4 heteroatoms. The molecule has 0 aromatic heterocycles. The van der Waals surface area contributed by atoms with E-state index in [1.165, 1.54) is 5.56 Å². The molecule has 1 aliphatic rings. The van der Waals surface area contributed by atoms with E-state index >= 15 is 0 Å². The van der Waals surface area contributed by atoms with Gasteiger partial charge in [0, 0.05) is 4.47 Å². The lowest BCUT2D eigenvalue weighted by molar-refractivity contribution is 0.768. The predicted molar refractivity (Wildman–Crippen MR) is 82.3 cm³/mol. The molecule has 1 atom stereocenters. The lowest BCUT2D eigenvalue weighted by Crippen LogP contribution is -2.36. The molecule has 2 aromatic rings. The molecule has 0 saturated carbocycles. The fraction of sp³-hybridized carbons (Fsp3) is 0.133. The van der Waals surface area contributed by atoms with Gasteiger partial charge < -0.3 is 10.6 Å². The summed E-state index contributed by atoms with van der Waals surface area (Å²) in [5, 5.41) is 0. The number of nitrogens with two attached hydrogens (primary N) is 1. The standard InChI is InChI=1S/C15H14BrN3/c16-12-8-4-5-9-13(12)19-14(10-18-15(19)17)11-6-2-1-3-7-11/h1-9,14H,10H2,(H2,17,18). The fourth-order valence-corrected chi connectivity index (χ4v) is 2.84. The van der Waals surface area contributed by atoms with Crippen LogP contribution < -0.4 is 10.6 Å². The maximum atomic E-state index is 6.06. The molecular formula is C15H14BrN3. The van der Waals surface area contributed by atoms with E-state index in [4.69, 9.17) is 5.73 Å². The van der Waals surface area contributed by atoms with Crippen molar-refractivity contribution in [1.29, 1.82) is 0 Å². The van der Waals surface area contributed by atoms with Gasteiger partial charge in [0.1, 0.15) is 0 Å². The third kappa shape index (κ3) is 2.24. The number of hydrogen-bond donors (Lipinski definition) is 1. The summed E-state index contributed by atoms with van der Waals surface area (Å²) in [5.41, 5.74) is 8.34. The Hall–Kier alpha value is -1.81. The van der Waals surface area contributed by atoms with Gasteiger partial charge in [-0.2, -0.15) is 0 Å². The first-order valence-electron chi connectivity index (χ1n) is 6.16. The van der Waals surface area contributed by atoms with Gasteiger partial charge in [0.25, 0.3) is 0 Å². The Morgan fingerprint density at radius 2 is 1.74 bits per heavy atom. The zero-order valence-corrected chi connectivity index (χ0v) is 11.9. The van der Waals surface area contributed by atoms with Crippen LogP contribution in [-0.2, 0) is 0 Å². The Labute approximate surface area is 120 Å². The molecule has 0 amide bonds. The number of halogens is 1. The molecule has 0 fully saturated rings. The predicted octanol–water partition coefficient (Wildman–Crippen LogP) is 3.33. The third-order valence-electron chi connectivity index (χ3n) is 3.28. The Kier molecular flexibility index (Phi) is 3.25. The summed E-state index contributed by atoms with van der Waals surface area (Å²) < 4.78 is 1.02. The second-order valence-corrected chi connectivity index (χ2v) is 5.30. The Bertz CT molecular complexity index is 610. The monoisotopic (exact) mass is 315 g/mol. The molecule has 2 aromatic carbocycles. The maximum Gasteiger partial charge on any atom is 0.196 e. The Balaban J connectivity index is 2.02. The first kappa shape index (κ1) is 12.2. The molecule has 0 spiro atoms. The van der Waals surface area contributed by atoms with Crippen molar-refractivity contribution < 1.29 is 0 Å². The number of rotatable bonds is 2. The summed E-state index contributed by atoms with van der Waals surface area (Å²) in [6.07, 6.45) is 0. The van der Waals surface area contributed by atoms with Gasteiger partial charge in [-0.25, -0.2) is 0 Å². The van der Waals surface area contributed by atoms with Crippen LogP contribution in [0.25, 0.3) is 0 Å². The van der Waals surface area contributed by atoms with Crippen LogP contribution in [0.4, 0.5) is 5.69 Å². The van der Waals surface area contributed by atoms with Gasteiger partial charge in [-0.3, -0.25) is 4.99 Å². The van der Waals surface area contributed by atoms with E-state index < -0.39 is 0 Å². The molecule has 96 valence electrons. The van der Waals surface area contributed by atoms with Crippen LogP contribution in [0, 0.1) is 0 Å². The SMILES string of the molecule is NC1=NCC(c2ccccc2)N1c1ccccc1Br. The van der Waals surface area contributed by atoms with E-state index in [1.807, 2.05) is 42.5 Å². The van der Waals surface area contributed by atoms with E-state index in [2.05, 4.69) is 38.0 Å². The van der Waals surface area contributed by atoms with E-state index in [0.717, 1.165) is 10.2 Å². The summed E-state index contributed by atoms with van der Waals surface area (Å²) in [4.78, 5) is 6.48. The first-order valence-corrected chi connectivity index (χ1v) is 6.95. The Morgan fingerprint density at radius 3 is 2.47 bits per heavy atom. The summed E-state index contributed by atoms with van der Waals surface area (Å²) in [6, 6.07) is 18.6. The minimum Gasteiger partial charge on any atom is -0.369 e. The average molecular weight is 316 g/mol. The zero-order chi connectivity index (χ0) is 13.2. The van der Waals surface area contributed by atoms with E-state index in [0.29, 0.717) is 12.5 Å². The zero-order valence-electron chi connectivity index (χ0n) is 10.3. The number of hydrogen-bond acceptors (Lipinski definition) is 3. The van der Waals surface area contributed by atoms with Crippen molar-refractivity contribution in [3.05, 3.63) is 64.6 Å². The minimum atomic E-state index is 0.167. The first-order chi connectivity index (χ1) is 9.27. The van der Waals surface area contributed by atoms with Gasteiger partial charge in [-0.05, 0) is 33.6 Å². The van der Waals surface area contributed by atoms with Crippen molar-refractivity contribution in [3.63, 3.8) is 0 Å². The van der Waals surface area contributed by atoms with E-state index in [1.54, 1.807) is 0 Å². The highest BCUT2D eigenvalue weighted by molar-refractivity contribution is 9.10. The second kappa shape index (κ2) is 5.05. The van der Waals surface area contributed by atoms with Crippen LogP contribution in [0.1, 0.15) is 11.6 Å². The molecule has 0 aliphatic carbocycles. The van der Waals surface area contributed by atoms with E-state index in [-0.39, 0.29) is 6.04 Å². The van der Waals surface area contributed by atoms with Gasteiger partial charge in [-0.1, -0.05) is 42.5 Å². The van der Waals surface area contributed by atoms with Crippen LogP contribution in [0.3, 0.4) is 0 Å². The molecule has 2 N–H and O–H groups in total. The number of guanidine groups is 1. The third-order valence-corrected chi connectivity index (χ3v) is 3.95. The number of nitrogens with zero attached hydrogens (tertiary/aromatic N) is 2. The van der Waals surface area contributed by atoms with Gasteiger partial charge >= 0.3 is 0 Å². The molecule has 0 bridgehead atoms. The molecule has 1 heterocycles. The molecule has 0 saturated heterocycles. The largest absolute Gasteiger partial charge is 0.369 e. The van der Waals surface area contributed by atoms with Gasteiger partial charge in [0.05, 0.1) is 18.3 Å². The maximum absolute atomic E-state index is 6.06. The summed E-state index contributed by atoms with van der Waals surface area (Å²) in [5.74, 6) is 0.570. The van der Waals surface area contributed by atoms with Crippen molar-refractivity contribution in [2.75, 3.05) is 11.4 Å².